The highest BCUT2D eigenvalue weighted by Gasteiger charge is 2.76. The monoisotopic (exact) mass is 679 g/mol. The summed E-state index contributed by atoms with van der Waals surface area (Å²) < 4.78 is 32.1. The Morgan fingerprint density at radius 1 is 0.780 bits per heavy atom. The van der Waals surface area contributed by atoms with Crippen molar-refractivity contribution in [1.29, 1.82) is 0 Å². The highest BCUT2D eigenvalue weighted by Crippen LogP contribution is 2.69. The molecule has 7 rings (SSSR count). The normalized spacial score (nSPS) is 34.4. The van der Waals surface area contributed by atoms with Crippen molar-refractivity contribution >= 4 is 23.9 Å². The highest BCUT2D eigenvalue weighted by molar-refractivity contribution is 5.91. The first-order chi connectivity index (χ1) is 23.9. The summed E-state index contributed by atoms with van der Waals surface area (Å²) in [5.41, 5.74) is -2.33. The lowest BCUT2D eigenvalue weighted by atomic mass is 9.41. The molecule has 50 heavy (non-hydrogen) atoms. The van der Waals surface area contributed by atoms with Crippen molar-refractivity contribution in [2.24, 2.45) is 16.7 Å². The number of aromatic nitrogens is 1. The van der Waals surface area contributed by atoms with Crippen molar-refractivity contribution in [3.05, 3.63) is 114 Å². The molecule has 0 bridgehead atoms. The van der Waals surface area contributed by atoms with Gasteiger partial charge in [-0.1, -0.05) is 61.9 Å². The summed E-state index contributed by atoms with van der Waals surface area (Å²) in [5.74, 6) is -2.60. The van der Waals surface area contributed by atoms with E-state index in [2.05, 4.69) is 11.9 Å². The molecule has 2 aliphatic carbocycles. The van der Waals surface area contributed by atoms with Gasteiger partial charge in [-0.05, 0) is 63.1 Å². The van der Waals surface area contributed by atoms with Crippen LogP contribution < -0.4 is 0 Å². The minimum atomic E-state index is -1.36. The molecule has 3 heterocycles. The molecule has 3 unspecified atom stereocenters. The van der Waals surface area contributed by atoms with Gasteiger partial charge in [0.15, 0.2) is 12.2 Å². The molecule has 1 aromatic heterocycles. The van der Waals surface area contributed by atoms with E-state index in [9.17, 15) is 19.2 Å². The summed E-state index contributed by atoms with van der Waals surface area (Å²) in [7, 11) is 0. The van der Waals surface area contributed by atoms with E-state index in [-0.39, 0.29) is 24.6 Å². The molecular weight excluding hydrogens is 638 g/mol. The molecule has 0 N–H and O–H groups in total. The second kappa shape index (κ2) is 12.5. The Balaban J connectivity index is 1.40. The van der Waals surface area contributed by atoms with Crippen LogP contribution in [0.3, 0.4) is 0 Å². The van der Waals surface area contributed by atoms with Crippen LogP contribution in [0.4, 0.5) is 0 Å². The van der Waals surface area contributed by atoms with Gasteiger partial charge in [0, 0.05) is 35.6 Å². The lowest BCUT2D eigenvalue weighted by Gasteiger charge is -2.70. The third-order valence-corrected chi connectivity index (χ3v) is 11.9. The number of pyridine rings is 1. The predicted molar refractivity (Wildman–Crippen MR) is 180 cm³/mol. The third kappa shape index (κ3) is 5.41. The summed E-state index contributed by atoms with van der Waals surface area (Å²) in [5, 5.41) is 0. The van der Waals surface area contributed by atoms with Crippen LogP contribution in [0.15, 0.2) is 96.8 Å². The minimum Gasteiger partial charge on any atom is -0.463 e. The minimum absolute atomic E-state index is 0.0332. The zero-order chi connectivity index (χ0) is 35.3. The van der Waals surface area contributed by atoms with Gasteiger partial charge in [-0.25, -0.2) is 14.4 Å². The first kappa shape index (κ1) is 33.7. The number of cyclic esters (lactones) is 1. The first-order valence-electron chi connectivity index (χ1n) is 17.1. The van der Waals surface area contributed by atoms with Gasteiger partial charge in [0.05, 0.1) is 23.1 Å². The van der Waals surface area contributed by atoms with Crippen LogP contribution in [0.25, 0.3) is 0 Å². The molecule has 2 saturated heterocycles. The number of fused-ring (bicyclic) bond motifs is 3. The van der Waals surface area contributed by atoms with Crippen LogP contribution in [0.5, 0.6) is 0 Å². The fraction of sp³-hybridized carbons (Fsp3) is 0.425. The first-order valence-corrected chi connectivity index (χ1v) is 17.1. The Morgan fingerprint density at radius 2 is 1.38 bits per heavy atom. The molecule has 3 aromatic rings. The summed E-state index contributed by atoms with van der Waals surface area (Å²) in [6, 6.07) is 20.7. The standard InChI is InChI=1S/C40H41NO9/c1-25-17-18-29(47-34(43)26-12-7-5-8-13-26)31-37(2)19-20-40(22-30(42)46-24-40)50-39(37,4)33(49-35(44)27-14-9-6-10-15-27)32(38(25,31)3)48-36(45)28-16-11-21-41-23-28/h5-17,21,23,29,31-33H,18-20,22,24H2,1-4H3/t29?,31-,32?,33?,37-,38+,39+,40+/m1/s1. The summed E-state index contributed by atoms with van der Waals surface area (Å²) >= 11 is 0. The highest BCUT2D eigenvalue weighted by atomic mass is 16.6. The van der Waals surface area contributed by atoms with E-state index in [0.717, 1.165) is 5.57 Å². The van der Waals surface area contributed by atoms with Crippen molar-refractivity contribution in [3.63, 3.8) is 0 Å². The number of esters is 4. The van der Waals surface area contributed by atoms with E-state index in [1.807, 2.05) is 32.9 Å². The van der Waals surface area contributed by atoms with Crippen molar-refractivity contribution in [2.75, 3.05) is 6.61 Å². The topological polar surface area (TPSA) is 127 Å². The lowest BCUT2D eigenvalue weighted by Crippen LogP contribution is -2.78. The zero-order valence-corrected chi connectivity index (χ0v) is 28.6. The maximum Gasteiger partial charge on any atom is 0.340 e. The molecule has 3 fully saturated rings. The Labute approximate surface area is 291 Å². The van der Waals surface area contributed by atoms with Crippen LogP contribution >= 0.6 is 0 Å². The molecule has 0 radical (unpaired) electrons. The molecule has 1 spiro atoms. The van der Waals surface area contributed by atoms with Gasteiger partial charge in [0.2, 0.25) is 0 Å². The predicted octanol–water partition coefficient (Wildman–Crippen LogP) is 6.31. The lowest BCUT2D eigenvalue weighted by molar-refractivity contribution is -0.345. The van der Waals surface area contributed by atoms with Gasteiger partial charge in [0.1, 0.15) is 23.9 Å². The second-order valence-electron chi connectivity index (χ2n) is 14.6. The Kier molecular flexibility index (Phi) is 8.41. The molecule has 4 aliphatic rings. The molecule has 10 nitrogen and oxygen atoms in total. The molecular formula is C40H41NO9. The van der Waals surface area contributed by atoms with Crippen LogP contribution in [-0.2, 0) is 28.5 Å². The van der Waals surface area contributed by atoms with Gasteiger partial charge in [0.25, 0.3) is 0 Å². The largest absolute Gasteiger partial charge is 0.463 e. The summed E-state index contributed by atoms with van der Waals surface area (Å²) in [6.07, 6.45) is 3.51. The SMILES string of the molecule is CC1=CCC(OC(=O)c2ccccc2)[C@H]2[C@@]1(C)C(OC(=O)c1cccnc1)C(OC(=O)c1ccccc1)[C@]1(C)O[C@]3(CC[C@]21C)COC(=O)C3. The van der Waals surface area contributed by atoms with E-state index >= 15 is 0 Å². The van der Waals surface area contributed by atoms with Crippen LogP contribution in [0.2, 0.25) is 0 Å². The third-order valence-electron chi connectivity index (χ3n) is 11.9. The Bertz CT molecular complexity index is 1830. The molecule has 8 atom stereocenters. The molecule has 2 aromatic carbocycles. The number of carbonyl (C=O) groups excluding carboxylic acids is 4. The number of rotatable bonds is 6. The van der Waals surface area contributed by atoms with Crippen molar-refractivity contribution in [1.82, 2.24) is 4.98 Å². The fourth-order valence-corrected chi connectivity index (χ4v) is 9.04. The quantitative estimate of drug-likeness (QED) is 0.166. The van der Waals surface area contributed by atoms with Gasteiger partial charge >= 0.3 is 23.9 Å². The van der Waals surface area contributed by atoms with Crippen molar-refractivity contribution < 1.29 is 42.9 Å². The van der Waals surface area contributed by atoms with E-state index < -0.39 is 64.2 Å². The maximum absolute atomic E-state index is 14.0. The number of hydrogen-bond donors (Lipinski definition) is 0. The molecule has 1 saturated carbocycles. The zero-order valence-electron chi connectivity index (χ0n) is 28.6. The van der Waals surface area contributed by atoms with Gasteiger partial charge in [-0.15, -0.1) is 0 Å². The molecule has 10 heteroatoms. The smallest absolute Gasteiger partial charge is 0.340 e. The molecule has 2 aliphatic heterocycles. The second-order valence-corrected chi connectivity index (χ2v) is 14.6. The average Bonchev–Trinajstić information content (AvgIpc) is 3.49. The summed E-state index contributed by atoms with van der Waals surface area (Å²) in [6.45, 7) is 7.96. The number of ether oxygens (including phenoxy) is 5. The molecule has 260 valence electrons. The van der Waals surface area contributed by atoms with Gasteiger partial charge in [-0.2, -0.15) is 0 Å². The van der Waals surface area contributed by atoms with Crippen molar-refractivity contribution in [2.45, 2.75) is 82.9 Å². The summed E-state index contributed by atoms with van der Waals surface area (Å²) in [4.78, 5) is 58.4. The van der Waals surface area contributed by atoms with Crippen LogP contribution in [0, 0.1) is 16.7 Å². The van der Waals surface area contributed by atoms with E-state index in [1.165, 1.54) is 6.20 Å². The van der Waals surface area contributed by atoms with E-state index in [1.54, 1.807) is 72.9 Å². The Hall–Kier alpha value is -4.83. The van der Waals surface area contributed by atoms with E-state index in [4.69, 9.17) is 23.7 Å². The maximum atomic E-state index is 14.0. The number of benzene rings is 2. The van der Waals surface area contributed by atoms with Crippen LogP contribution in [-0.4, -0.2) is 65.0 Å². The number of nitrogens with zero attached hydrogens (tertiary/aromatic N) is 1. The molecule has 0 amide bonds. The fourth-order valence-electron chi connectivity index (χ4n) is 9.04. The number of carbonyl (C=O) groups is 4. The van der Waals surface area contributed by atoms with E-state index in [0.29, 0.717) is 30.4 Å². The average molecular weight is 680 g/mol. The van der Waals surface area contributed by atoms with Crippen LogP contribution in [0.1, 0.15) is 84.5 Å². The Morgan fingerprint density at radius 3 is 1.98 bits per heavy atom. The van der Waals surface area contributed by atoms with Crippen molar-refractivity contribution in [3.8, 4) is 0 Å². The van der Waals surface area contributed by atoms with Gasteiger partial charge in [-0.3, -0.25) is 9.78 Å². The van der Waals surface area contributed by atoms with Gasteiger partial charge < -0.3 is 23.7 Å². The number of hydrogen-bond acceptors (Lipinski definition) is 10.